The summed E-state index contributed by atoms with van der Waals surface area (Å²) in [7, 11) is 1.68. The van der Waals surface area contributed by atoms with Gasteiger partial charge in [-0.2, -0.15) is 10.2 Å². The molecule has 4 heterocycles. The first kappa shape index (κ1) is 34.5. The van der Waals surface area contributed by atoms with Gasteiger partial charge >= 0.3 is 0 Å². The molecule has 0 saturated heterocycles. The maximum atomic E-state index is 11.3. The summed E-state index contributed by atoms with van der Waals surface area (Å²) < 4.78 is 9.04. The van der Waals surface area contributed by atoms with E-state index in [1.165, 1.54) is 6.92 Å². The minimum absolute atomic E-state index is 0.0798. The van der Waals surface area contributed by atoms with Crippen molar-refractivity contribution in [2.24, 2.45) is 0 Å². The van der Waals surface area contributed by atoms with Gasteiger partial charge in [0.05, 0.1) is 41.9 Å². The molecule has 0 fully saturated rings. The second kappa shape index (κ2) is 15.5. The lowest BCUT2D eigenvalue weighted by molar-refractivity contribution is -0.114. The number of nitrogens with zero attached hydrogens (tertiary/aromatic N) is 6. The third-order valence-corrected chi connectivity index (χ3v) is 9.57. The molecule has 4 aromatic carbocycles. The van der Waals surface area contributed by atoms with E-state index in [2.05, 4.69) is 70.1 Å². The molecule has 0 unspecified atom stereocenters. The zero-order valence-corrected chi connectivity index (χ0v) is 30.7. The highest BCUT2D eigenvalue weighted by atomic mass is 32.2. The standard InChI is InChI=1S/C21H18N4OS.C20H17N3OS/c1-14(26)23-18-8-4-6-16(12-18)15-5-3-7-17(11-15)20-13-19-9-10-22-25(19)21(24-20)27-2;1-24-18-8-4-6-15(12-18)14-5-3-7-16(11-14)19-13-17-9-10-21-23(17)20(22-19)25-2/h3-13H,1-2H3,(H,23,26);3-13H,1-2H3. The fraction of sp³-hybridized carbons (Fsp3) is 0.0976. The van der Waals surface area contributed by atoms with Crippen LogP contribution in [-0.2, 0) is 4.79 Å². The number of thioether (sulfide) groups is 2. The molecule has 9 nitrogen and oxygen atoms in total. The highest BCUT2D eigenvalue weighted by Gasteiger charge is 2.11. The number of benzene rings is 4. The fourth-order valence-corrected chi connectivity index (χ4v) is 6.90. The molecule has 258 valence electrons. The van der Waals surface area contributed by atoms with Crippen LogP contribution in [0.2, 0.25) is 0 Å². The predicted octanol–water partition coefficient (Wildman–Crippen LogP) is 9.54. The SMILES string of the molecule is COc1cccc(-c2cccc(-c3cc4ccnn4c(SC)n3)c2)c1.CSc1nc(-c2cccc(-c3cccc(NC(C)=O)c3)c2)cc2ccnn12. The molecule has 0 atom stereocenters. The van der Waals surface area contributed by atoms with E-state index >= 15 is 0 Å². The maximum Gasteiger partial charge on any atom is 0.221 e. The highest BCUT2D eigenvalue weighted by Crippen LogP contribution is 2.31. The number of nitrogens with one attached hydrogen (secondary N) is 1. The lowest BCUT2D eigenvalue weighted by Crippen LogP contribution is -2.05. The molecule has 4 aromatic heterocycles. The van der Waals surface area contributed by atoms with Gasteiger partial charge in [-0.1, -0.05) is 84.2 Å². The van der Waals surface area contributed by atoms with E-state index in [4.69, 9.17) is 14.7 Å². The highest BCUT2D eigenvalue weighted by molar-refractivity contribution is 7.98. The van der Waals surface area contributed by atoms with Gasteiger partial charge in [-0.05, 0) is 95.4 Å². The van der Waals surface area contributed by atoms with Crippen LogP contribution >= 0.6 is 23.5 Å². The predicted molar refractivity (Wildman–Crippen MR) is 212 cm³/mol. The van der Waals surface area contributed by atoms with Crippen LogP contribution in [0.1, 0.15) is 6.92 Å². The summed E-state index contributed by atoms with van der Waals surface area (Å²) in [5, 5.41) is 13.2. The Kier molecular flexibility index (Phi) is 10.3. The zero-order chi connectivity index (χ0) is 36.0. The first-order valence-electron chi connectivity index (χ1n) is 16.4. The fourth-order valence-electron chi connectivity index (χ4n) is 5.87. The number of hydrogen-bond donors (Lipinski definition) is 1. The molecule has 52 heavy (non-hydrogen) atoms. The topological polar surface area (TPSA) is 98.7 Å². The Balaban J connectivity index is 0.000000162. The van der Waals surface area contributed by atoms with Gasteiger partial charge in [-0.15, -0.1) is 0 Å². The number of carbonyl (C=O) groups excluding carboxylic acids is 1. The molecule has 8 aromatic rings. The zero-order valence-electron chi connectivity index (χ0n) is 29.0. The number of fused-ring (bicyclic) bond motifs is 2. The van der Waals surface area contributed by atoms with Gasteiger partial charge in [0.15, 0.2) is 10.3 Å². The van der Waals surface area contributed by atoms with Crippen LogP contribution in [0.25, 0.3) is 55.8 Å². The summed E-state index contributed by atoms with van der Waals surface area (Å²) in [4.78, 5) is 20.8. The van der Waals surface area contributed by atoms with Crippen molar-refractivity contribution in [2.45, 2.75) is 17.2 Å². The van der Waals surface area contributed by atoms with Crippen molar-refractivity contribution in [2.75, 3.05) is 24.9 Å². The van der Waals surface area contributed by atoms with E-state index in [-0.39, 0.29) is 5.91 Å². The Hall–Kier alpha value is -5.91. The average Bonchev–Trinajstić information content (AvgIpc) is 3.88. The molecule has 0 aliphatic carbocycles. The van der Waals surface area contributed by atoms with Crippen molar-refractivity contribution in [3.63, 3.8) is 0 Å². The molecule has 0 saturated carbocycles. The number of ether oxygens (including phenoxy) is 1. The van der Waals surface area contributed by atoms with Crippen molar-refractivity contribution in [3.8, 4) is 50.5 Å². The molecule has 8 rings (SSSR count). The normalized spacial score (nSPS) is 10.9. The monoisotopic (exact) mass is 721 g/mol. The van der Waals surface area contributed by atoms with E-state index < -0.39 is 0 Å². The van der Waals surface area contributed by atoms with Crippen molar-refractivity contribution < 1.29 is 9.53 Å². The Bertz CT molecular complexity index is 2530. The van der Waals surface area contributed by atoms with Crippen LogP contribution in [0, 0.1) is 0 Å². The Morgan fingerprint density at radius 2 is 1.06 bits per heavy atom. The molecule has 0 aliphatic heterocycles. The molecule has 0 aliphatic rings. The summed E-state index contributed by atoms with van der Waals surface area (Å²) in [5.74, 6) is 0.773. The summed E-state index contributed by atoms with van der Waals surface area (Å²) in [6.07, 6.45) is 7.59. The smallest absolute Gasteiger partial charge is 0.221 e. The molecule has 1 amide bonds. The van der Waals surface area contributed by atoms with Gasteiger partial charge in [0.2, 0.25) is 5.91 Å². The third-order valence-electron chi connectivity index (χ3n) is 8.31. The van der Waals surface area contributed by atoms with E-state index in [1.807, 2.05) is 88.3 Å². The molecule has 1 N–H and O–H groups in total. The lowest BCUT2D eigenvalue weighted by atomic mass is 10.0. The number of amides is 1. The van der Waals surface area contributed by atoms with Gasteiger partial charge in [0.25, 0.3) is 0 Å². The minimum Gasteiger partial charge on any atom is -0.497 e. The average molecular weight is 722 g/mol. The van der Waals surface area contributed by atoms with Crippen molar-refractivity contribution >= 4 is 46.2 Å². The van der Waals surface area contributed by atoms with E-state index in [0.29, 0.717) is 0 Å². The number of aromatic nitrogens is 6. The summed E-state index contributed by atoms with van der Waals surface area (Å²) >= 11 is 3.16. The van der Waals surface area contributed by atoms with Crippen LogP contribution in [0.5, 0.6) is 5.75 Å². The minimum atomic E-state index is -0.0798. The van der Waals surface area contributed by atoms with Crippen molar-refractivity contribution in [3.05, 3.63) is 134 Å². The largest absolute Gasteiger partial charge is 0.497 e. The van der Waals surface area contributed by atoms with Crippen LogP contribution in [0.3, 0.4) is 0 Å². The lowest BCUT2D eigenvalue weighted by Gasteiger charge is -2.09. The van der Waals surface area contributed by atoms with E-state index in [0.717, 1.165) is 77.6 Å². The van der Waals surface area contributed by atoms with Gasteiger partial charge < -0.3 is 10.1 Å². The molecule has 0 bridgehead atoms. The summed E-state index contributed by atoms with van der Waals surface area (Å²) in [5.41, 5.74) is 11.2. The number of hydrogen-bond acceptors (Lipinski definition) is 8. The Labute approximate surface area is 310 Å². The first-order chi connectivity index (χ1) is 25.4. The Morgan fingerprint density at radius 1 is 0.596 bits per heavy atom. The molecular weight excluding hydrogens is 687 g/mol. The first-order valence-corrected chi connectivity index (χ1v) is 18.9. The summed E-state index contributed by atoms with van der Waals surface area (Å²) in [6, 6.07) is 40.7. The second-order valence-corrected chi connectivity index (χ2v) is 13.3. The molecular formula is C41H35N7O2S2. The van der Waals surface area contributed by atoms with E-state index in [9.17, 15) is 4.79 Å². The number of rotatable bonds is 8. The number of carbonyl (C=O) groups is 1. The van der Waals surface area contributed by atoms with Gasteiger partial charge in [-0.25, -0.2) is 19.0 Å². The number of methoxy groups -OCH3 is 1. The molecule has 0 spiro atoms. The van der Waals surface area contributed by atoms with Crippen LogP contribution in [0.4, 0.5) is 5.69 Å². The van der Waals surface area contributed by atoms with Crippen LogP contribution < -0.4 is 10.1 Å². The van der Waals surface area contributed by atoms with Crippen molar-refractivity contribution in [1.82, 2.24) is 29.2 Å². The van der Waals surface area contributed by atoms with Crippen molar-refractivity contribution in [1.29, 1.82) is 0 Å². The number of anilines is 1. The second-order valence-electron chi connectivity index (χ2n) is 11.7. The van der Waals surface area contributed by atoms with Gasteiger partial charge in [0, 0.05) is 23.7 Å². The Morgan fingerprint density at radius 3 is 1.56 bits per heavy atom. The molecule has 0 radical (unpaired) electrons. The molecule has 11 heteroatoms. The van der Waals surface area contributed by atoms with Crippen LogP contribution in [0.15, 0.2) is 144 Å². The van der Waals surface area contributed by atoms with E-state index in [1.54, 1.807) is 43.0 Å². The van der Waals surface area contributed by atoms with Crippen LogP contribution in [-0.4, -0.2) is 54.7 Å². The van der Waals surface area contributed by atoms with Gasteiger partial charge in [-0.3, -0.25) is 4.79 Å². The summed E-state index contributed by atoms with van der Waals surface area (Å²) in [6.45, 7) is 1.51. The maximum absolute atomic E-state index is 11.3. The third kappa shape index (κ3) is 7.56. The quantitative estimate of drug-likeness (QED) is 0.122. The van der Waals surface area contributed by atoms with Gasteiger partial charge in [0.1, 0.15) is 5.75 Å².